The summed E-state index contributed by atoms with van der Waals surface area (Å²) in [5.41, 5.74) is 0.393. The van der Waals surface area contributed by atoms with Crippen molar-refractivity contribution in [3.05, 3.63) is 35.4 Å². The van der Waals surface area contributed by atoms with Gasteiger partial charge in [0, 0.05) is 20.2 Å². The number of methoxy groups -OCH3 is 2. The Hall–Kier alpha value is -1.57. The number of rotatable bonds is 5. The van der Waals surface area contributed by atoms with E-state index in [1.807, 2.05) is 0 Å². The summed E-state index contributed by atoms with van der Waals surface area (Å²) in [5.74, 6) is -2.97. The summed E-state index contributed by atoms with van der Waals surface area (Å²) in [6.07, 6.45) is -0.704. The average molecular weight is 301 g/mol. The summed E-state index contributed by atoms with van der Waals surface area (Å²) in [6.45, 7) is 1.20. The lowest BCUT2D eigenvalue weighted by Gasteiger charge is -2.17. The summed E-state index contributed by atoms with van der Waals surface area (Å²) >= 11 is 0. The molecular weight excluding hydrogens is 284 g/mol. The minimum Gasteiger partial charge on any atom is -0.469 e. The van der Waals surface area contributed by atoms with Gasteiger partial charge in [0.25, 0.3) is 0 Å². The maximum atomic E-state index is 13.4. The maximum Gasteiger partial charge on any atom is 0.313 e. The second kappa shape index (κ2) is 6.93. The smallest absolute Gasteiger partial charge is 0.313 e. The third-order valence-electron chi connectivity index (χ3n) is 3.35. The molecule has 0 saturated carbocycles. The fourth-order valence-corrected chi connectivity index (χ4v) is 2.26. The van der Waals surface area contributed by atoms with Crippen molar-refractivity contribution in [1.29, 1.82) is 0 Å². The summed E-state index contributed by atoms with van der Waals surface area (Å²) in [7, 11) is 2.84. The molecule has 116 valence electrons. The topological polar surface area (TPSA) is 48.0 Å². The Morgan fingerprint density at radius 1 is 1.38 bits per heavy atom. The zero-order chi connectivity index (χ0) is 15.4. The SMILES string of the molecule is COCCN1C[C@@H](C(=O)OC)[C@H](c2ccc(F)c(F)c2)O1. The van der Waals surface area contributed by atoms with E-state index in [2.05, 4.69) is 0 Å². The minimum absolute atomic E-state index is 0.305. The molecule has 2 rings (SSSR count). The molecule has 1 aliphatic heterocycles. The molecule has 0 aromatic heterocycles. The highest BCUT2D eigenvalue weighted by Gasteiger charge is 2.41. The van der Waals surface area contributed by atoms with Crippen LogP contribution in [0.3, 0.4) is 0 Å². The molecule has 2 atom stereocenters. The van der Waals surface area contributed by atoms with Gasteiger partial charge in [-0.1, -0.05) is 6.07 Å². The Labute approximate surface area is 121 Å². The standard InChI is InChI=1S/C14H17F2NO4/c1-19-6-5-17-8-10(14(18)20-2)13(21-17)9-3-4-11(15)12(16)7-9/h3-4,7,10,13H,5-6,8H2,1-2H3/t10-,13+/m1/s1. The molecule has 0 radical (unpaired) electrons. The Kier molecular flexibility index (Phi) is 5.22. The Balaban J connectivity index is 2.20. The van der Waals surface area contributed by atoms with E-state index in [-0.39, 0.29) is 0 Å². The van der Waals surface area contributed by atoms with Crippen LogP contribution in [-0.4, -0.2) is 44.9 Å². The van der Waals surface area contributed by atoms with Crippen molar-refractivity contribution in [2.75, 3.05) is 33.9 Å². The Morgan fingerprint density at radius 3 is 2.76 bits per heavy atom. The summed E-state index contributed by atoms with van der Waals surface area (Å²) < 4.78 is 36.1. The third-order valence-corrected chi connectivity index (χ3v) is 3.35. The van der Waals surface area contributed by atoms with Gasteiger partial charge in [-0.3, -0.25) is 9.63 Å². The molecule has 5 nitrogen and oxygen atoms in total. The van der Waals surface area contributed by atoms with E-state index in [0.29, 0.717) is 25.3 Å². The van der Waals surface area contributed by atoms with Crippen LogP contribution < -0.4 is 0 Å². The zero-order valence-corrected chi connectivity index (χ0v) is 11.8. The number of halogens is 2. The van der Waals surface area contributed by atoms with Gasteiger partial charge in [-0.05, 0) is 17.7 Å². The quantitative estimate of drug-likeness (QED) is 0.775. The fourth-order valence-electron chi connectivity index (χ4n) is 2.26. The van der Waals surface area contributed by atoms with Gasteiger partial charge in [-0.2, -0.15) is 5.06 Å². The van der Waals surface area contributed by atoms with Crippen molar-refractivity contribution in [1.82, 2.24) is 5.06 Å². The Bertz CT molecular complexity index is 512. The average Bonchev–Trinajstić information content (AvgIpc) is 2.91. The molecule has 0 amide bonds. The van der Waals surface area contributed by atoms with E-state index >= 15 is 0 Å². The Morgan fingerprint density at radius 2 is 2.14 bits per heavy atom. The highest BCUT2D eigenvalue weighted by atomic mass is 19.2. The van der Waals surface area contributed by atoms with Crippen molar-refractivity contribution in [2.24, 2.45) is 5.92 Å². The zero-order valence-electron chi connectivity index (χ0n) is 11.8. The molecule has 1 fully saturated rings. The molecule has 0 aliphatic carbocycles. The fraction of sp³-hybridized carbons (Fsp3) is 0.500. The molecule has 1 heterocycles. The van der Waals surface area contributed by atoms with Crippen LogP contribution in [0.25, 0.3) is 0 Å². The largest absolute Gasteiger partial charge is 0.469 e. The third kappa shape index (κ3) is 3.55. The second-order valence-electron chi connectivity index (χ2n) is 4.71. The van der Waals surface area contributed by atoms with E-state index in [9.17, 15) is 13.6 Å². The minimum atomic E-state index is -0.977. The van der Waals surface area contributed by atoms with Gasteiger partial charge in [0.15, 0.2) is 11.6 Å². The van der Waals surface area contributed by atoms with E-state index < -0.39 is 29.6 Å². The lowest BCUT2D eigenvalue weighted by atomic mass is 9.96. The van der Waals surface area contributed by atoms with Crippen molar-refractivity contribution >= 4 is 5.97 Å². The van der Waals surface area contributed by atoms with Crippen LogP contribution in [0.5, 0.6) is 0 Å². The van der Waals surface area contributed by atoms with Crippen LogP contribution in [0.4, 0.5) is 8.78 Å². The molecule has 1 aliphatic rings. The van der Waals surface area contributed by atoms with Crippen molar-refractivity contribution in [3.8, 4) is 0 Å². The van der Waals surface area contributed by atoms with Crippen LogP contribution in [-0.2, 0) is 19.1 Å². The van der Waals surface area contributed by atoms with Gasteiger partial charge in [0.2, 0.25) is 0 Å². The van der Waals surface area contributed by atoms with E-state index in [0.717, 1.165) is 12.1 Å². The van der Waals surface area contributed by atoms with E-state index in [1.54, 1.807) is 12.2 Å². The molecule has 0 unspecified atom stereocenters. The molecule has 0 bridgehead atoms. The first kappa shape index (κ1) is 15.8. The van der Waals surface area contributed by atoms with E-state index in [4.69, 9.17) is 14.3 Å². The van der Waals surface area contributed by atoms with Gasteiger partial charge in [0.1, 0.15) is 12.0 Å². The monoisotopic (exact) mass is 301 g/mol. The summed E-state index contributed by atoms with van der Waals surface area (Å²) in [6, 6.07) is 3.45. The predicted octanol–water partition coefficient (Wildman–Crippen LogP) is 1.69. The maximum absolute atomic E-state index is 13.4. The van der Waals surface area contributed by atoms with Gasteiger partial charge in [-0.25, -0.2) is 8.78 Å². The van der Waals surface area contributed by atoms with Gasteiger partial charge >= 0.3 is 5.97 Å². The van der Waals surface area contributed by atoms with Gasteiger partial charge in [0.05, 0.1) is 13.7 Å². The lowest BCUT2D eigenvalue weighted by molar-refractivity contribution is -0.160. The number of nitrogens with zero attached hydrogens (tertiary/aromatic N) is 1. The number of benzene rings is 1. The lowest BCUT2D eigenvalue weighted by Crippen LogP contribution is -2.26. The predicted molar refractivity (Wildman–Crippen MR) is 69.1 cm³/mol. The molecule has 0 N–H and O–H groups in total. The van der Waals surface area contributed by atoms with E-state index in [1.165, 1.54) is 13.2 Å². The molecule has 1 aromatic rings. The number of hydrogen-bond donors (Lipinski definition) is 0. The van der Waals surface area contributed by atoms with Crippen LogP contribution in [0.15, 0.2) is 18.2 Å². The van der Waals surface area contributed by atoms with Gasteiger partial charge < -0.3 is 9.47 Å². The number of ether oxygens (including phenoxy) is 2. The highest BCUT2D eigenvalue weighted by Crippen LogP contribution is 2.35. The first-order valence-corrected chi connectivity index (χ1v) is 6.50. The summed E-state index contributed by atoms with van der Waals surface area (Å²) in [4.78, 5) is 17.5. The van der Waals surface area contributed by atoms with Crippen LogP contribution in [0.1, 0.15) is 11.7 Å². The second-order valence-corrected chi connectivity index (χ2v) is 4.71. The van der Waals surface area contributed by atoms with Crippen LogP contribution >= 0.6 is 0 Å². The van der Waals surface area contributed by atoms with Gasteiger partial charge in [-0.15, -0.1) is 0 Å². The molecule has 0 spiro atoms. The van der Waals surface area contributed by atoms with Crippen molar-refractivity contribution < 1.29 is 27.9 Å². The first-order valence-electron chi connectivity index (χ1n) is 6.50. The molecule has 7 heteroatoms. The molecule has 1 aromatic carbocycles. The number of carbonyl (C=O) groups excluding carboxylic acids is 1. The number of hydroxylamine groups is 2. The van der Waals surface area contributed by atoms with Crippen LogP contribution in [0.2, 0.25) is 0 Å². The summed E-state index contributed by atoms with van der Waals surface area (Å²) in [5, 5.41) is 1.57. The molecule has 21 heavy (non-hydrogen) atoms. The molecule has 1 saturated heterocycles. The normalized spacial score (nSPS) is 22.5. The first-order chi connectivity index (χ1) is 10.1. The van der Waals surface area contributed by atoms with Crippen molar-refractivity contribution in [2.45, 2.75) is 6.10 Å². The highest BCUT2D eigenvalue weighted by molar-refractivity contribution is 5.73. The van der Waals surface area contributed by atoms with Crippen LogP contribution in [0, 0.1) is 17.6 Å². The number of esters is 1. The number of hydrogen-bond acceptors (Lipinski definition) is 5. The number of carbonyl (C=O) groups is 1. The van der Waals surface area contributed by atoms with Crippen molar-refractivity contribution in [3.63, 3.8) is 0 Å². The molecular formula is C14H17F2NO4.